The summed E-state index contributed by atoms with van der Waals surface area (Å²) in [6.07, 6.45) is 0. The molecular formula is C22H21N3O2S. The van der Waals surface area contributed by atoms with Crippen molar-refractivity contribution < 1.29 is 4.42 Å². The maximum Gasteiger partial charge on any atom is 0.346 e. The molecule has 0 spiro atoms. The molecule has 3 heterocycles. The molecule has 1 fully saturated rings. The van der Waals surface area contributed by atoms with Gasteiger partial charge < -0.3 is 14.6 Å². The zero-order valence-corrected chi connectivity index (χ0v) is 16.6. The number of para-hydroxylation sites is 1. The molecule has 0 saturated carbocycles. The first-order chi connectivity index (χ1) is 13.6. The number of benzene rings is 2. The third-order valence-corrected chi connectivity index (χ3v) is 6.24. The van der Waals surface area contributed by atoms with E-state index in [1.54, 1.807) is 0 Å². The van der Waals surface area contributed by atoms with Gasteiger partial charge >= 0.3 is 5.63 Å². The molecule has 6 heteroatoms. The SMILES string of the molecule is C[C@@H]1CN(c2ccc3cc(-c4nc5ccccc5s4)c(=O)oc3c2)C[C@H](C)N1. The van der Waals surface area contributed by atoms with Gasteiger partial charge in [-0.3, -0.25) is 0 Å². The molecule has 2 aromatic heterocycles. The fourth-order valence-electron chi connectivity index (χ4n) is 3.97. The van der Waals surface area contributed by atoms with E-state index in [9.17, 15) is 4.79 Å². The van der Waals surface area contributed by atoms with Crippen LogP contribution in [-0.2, 0) is 0 Å². The second kappa shape index (κ2) is 6.72. The summed E-state index contributed by atoms with van der Waals surface area (Å²) in [7, 11) is 0. The lowest BCUT2D eigenvalue weighted by atomic mass is 10.1. The Labute approximate surface area is 166 Å². The fourth-order valence-corrected chi connectivity index (χ4v) is 4.94. The van der Waals surface area contributed by atoms with E-state index in [4.69, 9.17) is 4.42 Å². The van der Waals surface area contributed by atoms with Gasteiger partial charge in [0, 0.05) is 42.3 Å². The lowest BCUT2D eigenvalue weighted by molar-refractivity contribution is 0.407. The number of aromatic nitrogens is 1. The Morgan fingerprint density at radius 2 is 1.89 bits per heavy atom. The molecule has 1 aliphatic rings. The van der Waals surface area contributed by atoms with Crippen molar-refractivity contribution in [2.45, 2.75) is 25.9 Å². The van der Waals surface area contributed by atoms with Crippen LogP contribution in [0.5, 0.6) is 0 Å². The van der Waals surface area contributed by atoms with E-state index in [2.05, 4.69) is 35.1 Å². The zero-order valence-electron chi connectivity index (χ0n) is 15.8. The van der Waals surface area contributed by atoms with Gasteiger partial charge in [-0.2, -0.15) is 0 Å². The first kappa shape index (κ1) is 17.4. The molecule has 2 atom stereocenters. The summed E-state index contributed by atoms with van der Waals surface area (Å²) in [5.41, 5.74) is 2.78. The van der Waals surface area contributed by atoms with Crippen LogP contribution in [0.15, 0.2) is 57.7 Å². The molecule has 142 valence electrons. The normalized spacial score (nSPS) is 20.1. The van der Waals surface area contributed by atoms with Gasteiger partial charge in [0.05, 0.1) is 15.8 Å². The highest BCUT2D eigenvalue weighted by atomic mass is 32.1. The Hall–Kier alpha value is -2.70. The molecule has 4 aromatic rings. The molecule has 28 heavy (non-hydrogen) atoms. The van der Waals surface area contributed by atoms with E-state index in [0.29, 0.717) is 28.2 Å². The third kappa shape index (κ3) is 3.08. The van der Waals surface area contributed by atoms with Crippen LogP contribution in [0.2, 0.25) is 0 Å². The highest BCUT2D eigenvalue weighted by Gasteiger charge is 2.21. The quantitative estimate of drug-likeness (QED) is 0.518. The highest BCUT2D eigenvalue weighted by Crippen LogP contribution is 2.31. The molecule has 0 aliphatic carbocycles. The average molecular weight is 391 g/mol. The number of rotatable bonds is 2. The Kier molecular flexibility index (Phi) is 4.18. The van der Waals surface area contributed by atoms with Gasteiger partial charge in [-0.05, 0) is 44.2 Å². The van der Waals surface area contributed by atoms with Crippen molar-refractivity contribution in [3.63, 3.8) is 0 Å². The molecule has 0 unspecified atom stereocenters. The summed E-state index contributed by atoms with van der Waals surface area (Å²) in [5, 5.41) is 5.15. The van der Waals surface area contributed by atoms with Crippen LogP contribution in [0.4, 0.5) is 5.69 Å². The van der Waals surface area contributed by atoms with Crippen LogP contribution < -0.4 is 15.8 Å². The van der Waals surface area contributed by atoms with Gasteiger partial charge in [-0.1, -0.05) is 12.1 Å². The predicted molar refractivity (Wildman–Crippen MR) is 115 cm³/mol. The lowest BCUT2D eigenvalue weighted by Gasteiger charge is -2.37. The second-order valence-electron chi connectivity index (χ2n) is 7.53. The van der Waals surface area contributed by atoms with Crippen LogP contribution >= 0.6 is 11.3 Å². The van der Waals surface area contributed by atoms with Crippen molar-refractivity contribution in [2.24, 2.45) is 0 Å². The minimum absolute atomic E-state index is 0.342. The Morgan fingerprint density at radius 1 is 1.11 bits per heavy atom. The number of hydrogen-bond donors (Lipinski definition) is 1. The molecule has 0 radical (unpaired) electrons. The lowest BCUT2D eigenvalue weighted by Crippen LogP contribution is -2.54. The summed E-state index contributed by atoms with van der Waals surface area (Å²) < 4.78 is 6.76. The van der Waals surface area contributed by atoms with E-state index in [1.807, 2.05) is 42.5 Å². The maximum absolute atomic E-state index is 12.7. The van der Waals surface area contributed by atoms with Crippen molar-refractivity contribution in [3.05, 3.63) is 59.0 Å². The monoisotopic (exact) mass is 391 g/mol. The average Bonchev–Trinajstić information content (AvgIpc) is 3.10. The van der Waals surface area contributed by atoms with Crippen LogP contribution in [0.1, 0.15) is 13.8 Å². The van der Waals surface area contributed by atoms with Crippen molar-refractivity contribution in [1.82, 2.24) is 10.3 Å². The Morgan fingerprint density at radius 3 is 2.68 bits per heavy atom. The van der Waals surface area contributed by atoms with Gasteiger partial charge in [0.25, 0.3) is 0 Å². The van der Waals surface area contributed by atoms with Crippen molar-refractivity contribution in [3.8, 4) is 10.6 Å². The van der Waals surface area contributed by atoms with E-state index >= 15 is 0 Å². The van der Waals surface area contributed by atoms with Gasteiger partial charge in [0.1, 0.15) is 10.6 Å². The number of anilines is 1. The maximum atomic E-state index is 12.7. The van der Waals surface area contributed by atoms with Crippen LogP contribution in [0, 0.1) is 0 Å². The summed E-state index contributed by atoms with van der Waals surface area (Å²) >= 11 is 1.51. The van der Waals surface area contributed by atoms with Crippen molar-refractivity contribution >= 4 is 38.2 Å². The summed E-state index contributed by atoms with van der Waals surface area (Å²) in [4.78, 5) is 19.6. The predicted octanol–water partition coefficient (Wildman–Crippen LogP) is 4.26. The number of nitrogens with one attached hydrogen (secondary N) is 1. The van der Waals surface area contributed by atoms with E-state index in [1.165, 1.54) is 11.3 Å². The van der Waals surface area contributed by atoms with E-state index < -0.39 is 0 Å². The molecule has 1 saturated heterocycles. The molecule has 1 N–H and O–H groups in total. The van der Waals surface area contributed by atoms with E-state index in [0.717, 1.165) is 34.4 Å². The Balaban J connectivity index is 1.55. The van der Waals surface area contributed by atoms with E-state index in [-0.39, 0.29) is 5.63 Å². The fraction of sp³-hybridized carbons (Fsp3) is 0.273. The van der Waals surface area contributed by atoms with Crippen molar-refractivity contribution in [2.75, 3.05) is 18.0 Å². The smallest absolute Gasteiger partial charge is 0.346 e. The molecule has 0 bridgehead atoms. The summed E-state index contributed by atoms with van der Waals surface area (Å²) in [6, 6.07) is 16.8. The van der Waals surface area contributed by atoms with Crippen molar-refractivity contribution in [1.29, 1.82) is 0 Å². The third-order valence-electron chi connectivity index (χ3n) is 5.17. The molecule has 5 rings (SSSR count). The minimum atomic E-state index is -0.342. The molecule has 5 nitrogen and oxygen atoms in total. The minimum Gasteiger partial charge on any atom is -0.422 e. The van der Waals surface area contributed by atoms with Gasteiger partial charge in [-0.25, -0.2) is 9.78 Å². The number of piperazine rings is 1. The Bertz CT molecular complexity index is 1190. The van der Waals surface area contributed by atoms with Gasteiger partial charge in [-0.15, -0.1) is 11.3 Å². The van der Waals surface area contributed by atoms with Crippen LogP contribution in [0.25, 0.3) is 31.8 Å². The number of hydrogen-bond acceptors (Lipinski definition) is 6. The van der Waals surface area contributed by atoms with Crippen LogP contribution in [0.3, 0.4) is 0 Å². The molecule has 0 amide bonds. The topological polar surface area (TPSA) is 58.4 Å². The van der Waals surface area contributed by atoms with Gasteiger partial charge in [0.2, 0.25) is 0 Å². The molecular weight excluding hydrogens is 370 g/mol. The molecule has 2 aromatic carbocycles. The molecule has 1 aliphatic heterocycles. The summed E-state index contributed by atoms with van der Waals surface area (Å²) in [6.45, 7) is 6.25. The second-order valence-corrected chi connectivity index (χ2v) is 8.56. The number of fused-ring (bicyclic) bond motifs is 2. The largest absolute Gasteiger partial charge is 0.422 e. The zero-order chi connectivity index (χ0) is 19.3. The summed E-state index contributed by atoms with van der Waals surface area (Å²) in [5.74, 6) is 0. The van der Waals surface area contributed by atoms with Crippen LogP contribution in [-0.4, -0.2) is 30.2 Å². The first-order valence-corrected chi connectivity index (χ1v) is 10.3. The highest BCUT2D eigenvalue weighted by molar-refractivity contribution is 7.21. The number of nitrogens with zero attached hydrogens (tertiary/aromatic N) is 2. The number of thiazole rings is 1. The first-order valence-electron chi connectivity index (χ1n) is 9.52. The standard InChI is InChI=1S/C22H21N3O2S/c1-13-11-25(12-14(2)23-13)16-8-7-15-9-17(22(26)27-19(15)10-16)21-24-18-5-3-4-6-20(18)28-21/h3-10,13-14,23H,11-12H2,1-2H3/t13-,14+. The van der Waals surface area contributed by atoms with Gasteiger partial charge in [0.15, 0.2) is 0 Å².